The van der Waals surface area contributed by atoms with Crippen molar-refractivity contribution in [2.24, 2.45) is 0 Å². The van der Waals surface area contributed by atoms with Gasteiger partial charge in [0.15, 0.2) is 0 Å². The van der Waals surface area contributed by atoms with Gasteiger partial charge in [0.2, 0.25) is 0 Å². The third kappa shape index (κ3) is 6.37. The summed E-state index contributed by atoms with van der Waals surface area (Å²) >= 11 is 0. The van der Waals surface area contributed by atoms with Crippen LogP contribution < -0.4 is 4.74 Å². The number of fused-ring (bicyclic) bond motifs is 2. The SMILES string of the molecule is CCN(CC)C(=O)c1ccc(C(=C2CC3CCC(C2)N3Cc2ccc(Oc3ccccc3)cc2)c2cccc(O)c2)cc1. The molecule has 5 nitrogen and oxygen atoms in total. The van der Waals surface area contributed by atoms with Crippen molar-refractivity contribution in [3.8, 4) is 17.2 Å². The van der Waals surface area contributed by atoms with E-state index in [4.69, 9.17) is 4.74 Å². The molecule has 2 atom stereocenters. The molecule has 5 heteroatoms. The Morgan fingerprint density at radius 2 is 1.40 bits per heavy atom. The van der Waals surface area contributed by atoms with Crippen molar-refractivity contribution in [2.45, 2.75) is 58.2 Å². The second-order valence-electron chi connectivity index (χ2n) is 11.6. The quantitative estimate of drug-likeness (QED) is 0.219. The number of rotatable bonds is 9. The van der Waals surface area contributed by atoms with Gasteiger partial charge in [-0.2, -0.15) is 0 Å². The molecule has 2 aliphatic heterocycles. The predicted octanol–water partition coefficient (Wildman–Crippen LogP) is 8.30. The van der Waals surface area contributed by atoms with E-state index in [1.165, 1.54) is 29.6 Å². The minimum atomic E-state index is 0.0640. The van der Waals surface area contributed by atoms with Crippen LogP contribution in [-0.4, -0.2) is 46.0 Å². The number of ether oxygens (including phenoxy) is 1. The van der Waals surface area contributed by atoms with Crippen LogP contribution in [0.4, 0.5) is 0 Å². The number of amides is 1. The summed E-state index contributed by atoms with van der Waals surface area (Å²) in [6.07, 6.45) is 4.37. The van der Waals surface area contributed by atoms with E-state index in [2.05, 4.69) is 47.4 Å². The first-order valence-corrected chi connectivity index (χ1v) is 15.5. The lowest BCUT2D eigenvalue weighted by atomic mass is 9.85. The monoisotopic (exact) mass is 572 g/mol. The Hall–Kier alpha value is -4.35. The van der Waals surface area contributed by atoms with Crippen LogP contribution in [0.2, 0.25) is 0 Å². The van der Waals surface area contributed by atoms with Crippen molar-refractivity contribution in [2.75, 3.05) is 13.1 Å². The first kappa shape index (κ1) is 28.8. The lowest BCUT2D eigenvalue weighted by Crippen LogP contribution is -2.40. The summed E-state index contributed by atoms with van der Waals surface area (Å²) in [5, 5.41) is 10.4. The first-order chi connectivity index (χ1) is 21.0. The fraction of sp³-hybridized carbons (Fsp3) is 0.289. The average molecular weight is 573 g/mol. The molecule has 6 rings (SSSR count). The van der Waals surface area contributed by atoms with Crippen LogP contribution in [0.25, 0.3) is 5.57 Å². The maximum Gasteiger partial charge on any atom is 0.253 e. The highest BCUT2D eigenvalue weighted by molar-refractivity contribution is 5.95. The smallest absolute Gasteiger partial charge is 0.253 e. The second-order valence-corrected chi connectivity index (χ2v) is 11.6. The summed E-state index contributed by atoms with van der Waals surface area (Å²) in [5.74, 6) is 2.02. The van der Waals surface area contributed by atoms with Crippen LogP contribution in [0.5, 0.6) is 17.2 Å². The summed E-state index contributed by atoms with van der Waals surface area (Å²) in [4.78, 5) is 17.5. The Morgan fingerprint density at radius 1 is 0.767 bits per heavy atom. The number of carbonyl (C=O) groups excluding carboxylic acids is 1. The molecule has 1 N–H and O–H groups in total. The number of hydrogen-bond acceptors (Lipinski definition) is 4. The Kier molecular flexibility index (Phi) is 8.62. The average Bonchev–Trinajstić information content (AvgIpc) is 3.25. The lowest BCUT2D eigenvalue weighted by Gasteiger charge is -2.37. The maximum atomic E-state index is 13.0. The van der Waals surface area contributed by atoms with Gasteiger partial charge in [0.1, 0.15) is 17.2 Å². The molecule has 0 spiro atoms. The van der Waals surface area contributed by atoms with Crippen molar-refractivity contribution in [3.05, 3.63) is 131 Å². The molecule has 4 aromatic rings. The molecule has 220 valence electrons. The van der Waals surface area contributed by atoms with Gasteiger partial charge in [-0.15, -0.1) is 0 Å². The van der Waals surface area contributed by atoms with Crippen LogP contribution in [-0.2, 0) is 6.54 Å². The Labute approximate surface area is 255 Å². The molecule has 4 aromatic carbocycles. The van der Waals surface area contributed by atoms with Crippen molar-refractivity contribution in [3.63, 3.8) is 0 Å². The van der Waals surface area contributed by atoms with Crippen LogP contribution in [0.15, 0.2) is 109 Å². The topological polar surface area (TPSA) is 53.0 Å². The molecule has 0 saturated carbocycles. The van der Waals surface area contributed by atoms with Gasteiger partial charge >= 0.3 is 0 Å². The van der Waals surface area contributed by atoms with E-state index in [9.17, 15) is 9.90 Å². The molecule has 0 aliphatic carbocycles. The van der Waals surface area contributed by atoms with Crippen LogP contribution in [0, 0.1) is 0 Å². The molecule has 2 unspecified atom stereocenters. The van der Waals surface area contributed by atoms with Crippen molar-refractivity contribution in [1.29, 1.82) is 0 Å². The molecule has 1 amide bonds. The van der Waals surface area contributed by atoms with Crippen molar-refractivity contribution < 1.29 is 14.6 Å². The molecule has 0 aromatic heterocycles. The molecule has 2 aliphatic rings. The minimum Gasteiger partial charge on any atom is -0.508 e. The van der Waals surface area contributed by atoms with Crippen molar-refractivity contribution >= 4 is 11.5 Å². The molecule has 2 saturated heterocycles. The summed E-state index contributed by atoms with van der Waals surface area (Å²) in [6, 6.07) is 35.0. The van der Waals surface area contributed by atoms with Gasteiger partial charge in [-0.1, -0.05) is 60.2 Å². The van der Waals surface area contributed by atoms with Gasteiger partial charge < -0.3 is 14.7 Å². The summed E-state index contributed by atoms with van der Waals surface area (Å²) < 4.78 is 6.00. The standard InChI is InChI=1S/C38H40N2O3/c1-3-39(4-2)38(42)29-17-15-28(16-18-29)37(30-9-8-10-34(41)25-30)31-23-32-19-20-33(24-31)40(32)26-27-13-21-36(22-14-27)43-35-11-6-5-7-12-35/h5-18,21-22,25,32-33,41H,3-4,19-20,23-24,26H2,1-2H3. The van der Waals surface area contributed by atoms with E-state index >= 15 is 0 Å². The molecule has 2 fully saturated rings. The highest BCUT2D eigenvalue weighted by Gasteiger charge is 2.39. The summed E-state index contributed by atoms with van der Waals surface area (Å²) in [7, 11) is 0. The normalized spacial score (nSPS) is 18.0. The highest BCUT2D eigenvalue weighted by atomic mass is 16.5. The van der Waals surface area contributed by atoms with Gasteiger partial charge in [0, 0.05) is 37.3 Å². The van der Waals surface area contributed by atoms with Crippen molar-refractivity contribution in [1.82, 2.24) is 9.80 Å². The summed E-state index contributed by atoms with van der Waals surface area (Å²) in [5.41, 5.74) is 6.76. The molecule has 2 bridgehead atoms. The third-order valence-corrected chi connectivity index (χ3v) is 8.96. The fourth-order valence-corrected chi connectivity index (χ4v) is 6.78. The highest BCUT2D eigenvalue weighted by Crippen LogP contribution is 2.44. The van der Waals surface area contributed by atoms with Crippen LogP contribution >= 0.6 is 0 Å². The number of carbonyl (C=O) groups is 1. The minimum absolute atomic E-state index is 0.0640. The molecule has 0 radical (unpaired) electrons. The van der Waals surface area contributed by atoms with Gasteiger partial charge in [-0.25, -0.2) is 0 Å². The van der Waals surface area contributed by atoms with Crippen LogP contribution in [0.3, 0.4) is 0 Å². The Bertz CT molecular complexity index is 1560. The number of nitrogens with zero attached hydrogens (tertiary/aromatic N) is 2. The maximum absolute atomic E-state index is 13.0. The van der Waals surface area contributed by atoms with E-state index in [1.807, 2.05) is 73.3 Å². The van der Waals surface area contributed by atoms with E-state index in [0.717, 1.165) is 42.0 Å². The van der Waals surface area contributed by atoms with Gasteiger partial charge in [0.25, 0.3) is 5.91 Å². The van der Waals surface area contributed by atoms with E-state index < -0.39 is 0 Å². The number of phenols is 1. The zero-order valence-corrected chi connectivity index (χ0v) is 25.1. The van der Waals surface area contributed by atoms with E-state index in [-0.39, 0.29) is 11.7 Å². The van der Waals surface area contributed by atoms with Gasteiger partial charge in [-0.3, -0.25) is 9.69 Å². The number of benzene rings is 4. The number of piperidine rings is 1. The van der Waals surface area contributed by atoms with Gasteiger partial charge in [-0.05, 0) is 110 Å². The number of aromatic hydroxyl groups is 1. The summed E-state index contributed by atoms with van der Waals surface area (Å²) in [6.45, 7) is 6.34. The van der Waals surface area contributed by atoms with Crippen LogP contribution in [0.1, 0.15) is 66.6 Å². The zero-order valence-electron chi connectivity index (χ0n) is 25.1. The molecular formula is C38H40N2O3. The third-order valence-electron chi connectivity index (χ3n) is 8.96. The second kappa shape index (κ2) is 12.9. The molecule has 2 heterocycles. The largest absolute Gasteiger partial charge is 0.508 e. The van der Waals surface area contributed by atoms with E-state index in [0.29, 0.717) is 30.7 Å². The Morgan fingerprint density at radius 3 is 2.02 bits per heavy atom. The first-order valence-electron chi connectivity index (χ1n) is 15.5. The molecule has 43 heavy (non-hydrogen) atoms. The van der Waals surface area contributed by atoms with E-state index in [1.54, 1.807) is 6.07 Å². The fourth-order valence-electron chi connectivity index (χ4n) is 6.78. The zero-order chi connectivity index (χ0) is 29.8. The number of para-hydroxylation sites is 1. The lowest BCUT2D eigenvalue weighted by molar-refractivity contribution is 0.0773. The predicted molar refractivity (Wildman–Crippen MR) is 172 cm³/mol. The Balaban J connectivity index is 1.23. The number of phenolic OH excluding ortho intramolecular Hbond substituents is 1. The van der Waals surface area contributed by atoms with Gasteiger partial charge in [0.05, 0.1) is 0 Å². The number of hydrogen-bond donors (Lipinski definition) is 1. The molecular weight excluding hydrogens is 532 g/mol.